The lowest BCUT2D eigenvalue weighted by Crippen LogP contribution is -1.94. The van der Waals surface area contributed by atoms with E-state index in [2.05, 4.69) is 5.16 Å². The topological polar surface area (TPSA) is 21.6 Å². The number of halogens is 3. The molecule has 5 heteroatoms. The van der Waals surface area contributed by atoms with Gasteiger partial charge >= 0.3 is 0 Å². The van der Waals surface area contributed by atoms with Gasteiger partial charge in [0.15, 0.2) is 0 Å². The predicted octanol–water partition coefficient (Wildman–Crippen LogP) is 3.65. The molecule has 0 unspecified atom stereocenters. The van der Waals surface area contributed by atoms with Crippen molar-refractivity contribution in [3.8, 4) is 0 Å². The highest BCUT2D eigenvalue weighted by Crippen LogP contribution is 2.10. The number of hydrogen-bond donors (Lipinski definition) is 0. The Kier molecular flexibility index (Phi) is 4.18. The average Bonchev–Trinajstić information content (AvgIpc) is 2.40. The van der Waals surface area contributed by atoms with Crippen molar-refractivity contribution in [2.75, 3.05) is 0 Å². The van der Waals surface area contributed by atoms with E-state index in [9.17, 15) is 13.2 Å². The summed E-state index contributed by atoms with van der Waals surface area (Å²) < 4.78 is 38.7. The molecule has 0 N–H and O–H groups in total. The van der Waals surface area contributed by atoms with Crippen molar-refractivity contribution in [1.82, 2.24) is 0 Å². The summed E-state index contributed by atoms with van der Waals surface area (Å²) in [4.78, 5) is 4.86. The third kappa shape index (κ3) is 3.84. The van der Waals surface area contributed by atoms with Crippen LogP contribution in [0.2, 0.25) is 0 Å². The van der Waals surface area contributed by atoms with Crippen LogP contribution in [0.4, 0.5) is 13.2 Å². The van der Waals surface area contributed by atoms with E-state index in [0.717, 1.165) is 18.2 Å². The number of nitrogens with zero attached hydrogens (tertiary/aromatic N) is 1. The van der Waals surface area contributed by atoms with Gasteiger partial charge in [0.2, 0.25) is 0 Å². The van der Waals surface area contributed by atoms with E-state index in [1.165, 1.54) is 30.5 Å². The first-order valence-electron chi connectivity index (χ1n) is 5.50. The van der Waals surface area contributed by atoms with Crippen molar-refractivity contribution in [3.05, 3.63) is 71.0 Å². The second-order valence-corrected chi connectivity index (χ2v) is 3.80. The summed E-state index contributed by atoms with van der Waals surface area (Å²) in [5.41, 5.74) is 0.720. The lowest BCUT2D eigenvalue weighted by Gasteiger charge is -2.01. The summed E-state index contributed by atoms with van der Waals surface area (Å²) in [6.45, 7) is -0.179. The zero-order valence-electron chi connectivity index (χ0n) is 9.82. The average molecular weight is 265 g/mol. The van der Waals surface area contributed by atoms with Crippen molar-refractivity contribution < 1.29 is 18.0 Å². The zero-order chi connectivity index (χ0) is 13.7. The molecule has 0 spiro atoms. The third-order valence-electron chi connectivity index (χ3n) is 2.37. The fraction of sp³-hybridized carbons (Fsp3) is 0.0714. The first-order chi connectivity index (χ1) is 9.15. The molecular weight excluding hydrogens is 255 g/mol. The predicted molar refractivity (Wildman–Crippen MR) is 65.1 cm³/mol. The summed E-state index contributed by atoms with van der Waals surface area (Å²) >= 11 is 0. The molecule has 0 saturated heterocycles. The van der Waals surface area contributed by atoms with E-state index in [-0.39, 0.29) is 18.0 Å². The quantitative estimate of drug-likeness (QED) is 0.610. The minimum Gasteiger partial charge on any atom is -0.391 e. The van der Waals surface area contributed by atoms with Crippen molar-refractivity contribution >= 4 is 6.21 Å². The third-order valence-corrected chi connectivity index (χ3v) is 2.37. The van der Waals surface area contributed by atoms with Gasteiger partial charge in [-0.25, -0.2) is 13.2 Å². The molecule has 2 nitrogen and oxygen atoms in total. The Labute approximate surface area is 108 Å². The smallest absolute Gasteiger partial charge is 0.145 e. The molecule has 2 aromatic rings. The zero-order valence-corrected chi connectivity index (χ0v) is 9.82. The Morgan fingerprint density at radius 1 is 0.947 bits per heavy atom. The highest BCUT2D eigenvalue weighted by atomic mass is 19.1. The molecule has 0 aromatic heterocycles. The summed E-state index contributed by atoms with van der Waals surface area (Å²) in [5, 5.41) is 3.60. The summed E-state index contributed by atoms with van der Waals surface area (Å²) in [5.74, 6) is -1.44. The maximum atomic E-state index is 13.2. The monoisotopic (exact) mass is 265 g/mol. The molecule has 0 aliphatic heterocycles. The minimum absolute atomic E-state index is 0.0799. The molecule has 0 radical (unpaired) electrons. The molecule has 0 heterocycles. The first-order valence-corrected chi connectivity index (χ1v) is 5.50. The van der Waals surface area contributed by atoms with E-state index in [4.69, 9.17) is 4.84 Å². The second-order valence-electron chi connectivity index (χ2n) is 3.80. The van der Waals surface area contributed by atoms with Crippen LogP contribution >= 0.6 is 0 Å². The fourth-order valence-electron chi connectivity index (χ4n) is 1.41. The molecule has 2 aromatic carbocycles. The highest BCUT2D eigenvalue weighted by Gasteiger charge is 2.03. The SMILES string of the molecule is Fc1ccc(C=NOCc2cc(F)ccc2F)cc1. The maximum Gasteiger partial charge on any atom is 0.145 e. The molecule has 0 amide bonds. The lowest BCUT2D eigenvalue weighted by atomic mass is 10.2. The van der Waals surface area contributed by atoms with Gasteiger partial charge < -0.3 is 4.84 Å². The summed E-state index contributed by atoms with van der Waals surface area (Å²) in [6.07, 6.45) is 1.36. The highest BCUT2D eigenvalue weighted by molar-refractivity contribution is 5.78. The first kappa shape index (κ1) is 13.1. The van der Waals surface area contributed by atoms with Crippen molar-refractivity contribution in [2.45, 2.75) is 6.61 Å². The van der Waals surface area contributed by atoms with E-state index < -0.39 is 11.6 Å². The number of hydrogen-bond acceptors (Lipinski definition) is 2. The van der Waals surface area contributed by atoms with Crippen LogP contribution in [0.15, 0.2) is 47.6 Å². The van der Waals surface area contributed by atoms with E-state index in [1.54, 1.807) is 0 Å². The van der Waals surface area contributed by atoms with Gasteiger partial charge in [-0.2, -0.15) is 0 Å². The standard InChI is InChI=1S/C14H10F3NO/c15-12-3-1-10(2-4-12)8-18-19-9-11-7-13(16)5-6-14(11)17/h1-8H,9H2. The van der Waals surface area contributed by atoms with Crippen LogP contribution < -0.4 is 0 Å². The Balaban J connectivity index is 1.92. The number of rotatable bonds is 4. The van der Waals surface area contributed by atoms with Gasteiger partial charge in [-0.05, 0) is 35.9 Å². The molecule has 0 fully saturated rings. The van der Waals surface area contributed by atoms with Crippen LogP contribution in [0.25, 0.3) is 0 Å². The van der Waals surface area contributed by atoms with Crippen LogP contribution in [0.5, 0.6) is 0 Å². The van der Waals surface area contributed by atoms with Gasteiger partial charge in [0.05, 0.1) is 6.21 Å². The minimum atomic E-state index is -0.557. The Morgan fingerprint density at radius 3 is 2.37 bits per heavy atom. The largest absolute Gasteiger partial charge is 0.391 e. The van der Waals surface area contributed by atoms with E-state index in [1.807, 2.05) is 0 Å². The maximum absolute atomic E-state index is 13.2. The molecule has 0 saturated carbocycles. The van der Waals surface area contributed by atoms with Crippen LogP contribution in [0.3, 0.4) is 0 Å². The summed E-state index contributed by atoms with van der Waals surface area (Å²) in [7, 11) is 0. The molecule has 98 valence electrons. The van der Waals surface area contributed by atoms with Gasteiger partial charge in [0.25, 0.3) is 0 Å². The van der Waals surface area contributed by atoms with Gasteiger partial charge in [-0.15, -0.1) is 0 Å². The Bertz CT molecular complexity index is 582. The van der Waals surface area contributed by atoms with Crippen LogP contribution in [0.1, 0.15) is 11.1 Å². The van der Waals surface area contributed by atoms with Gasteiger partial charge in [0.1, 0.15) is 24.1 Å². The Hall–Kier alpha value is -2.30. The molecule has 0 bridgehead atoms. The van der Waals surface area contributed by atoms with Gasteiger partial charge in [-0.3, -0.25) is 0 Å². The van der Waals surface area contributed by atoms with E-state index >= 15 is 0 Å². The van der Waals surface area contributed by atoms with Gasteiger partial charge in [0, 0.05) is 5.56 Å². The van der Waals surface area contributed by atoms with E-state index in [0.29, 0.717) is 5.56 Å². The van der Waals surface area contributed by atoms with Crippen LogP contribution in [-0.2, 0) is 11.4 Å². The molecular formula is C14H10F3NO. The van der Waals surface area contributed by atoms with Crippen molar-refractivity contribution in [3.63, 3.8) is 0 Å². The second kappa shape index (κ2) is 6.04. The molecule has 2 rings (SSSR count). The van der Waals surface area contributed by atoms with Crippen molar-refractivity contribution in [1.29, 1.82) is 0 Å². The van der Waals surface area contributed by atoms with Crippen LogP contribution in [0, 0.1) is 17.5 Å². The number of benzene rings is 2. The molecule has 0 atom stereocenters. The molecule has 19 heavy (non-hydrogen) atoms. The fourth-order valence-corrected chi connectivity index (χ4v) is 1.41. The summed E-state index contributed by atoms with van der Waals surface area (Å²) in [6, 6.07) is 8.71. The molecule has 0 aliphatic rings. The van der Waals surface area contributed by atoms with Crippen molar-refractivity contribution in [2.24, 2.45) is 5.16 Å². The normalized spacial score (nSPS) is 10.9. The molecule has 0 aliphatic carbocycles. The van der Waals surface area contributed by atoms with Gasteiger partial charge in [-0.1, -0.05) is 17.3 Å². The number of oxime groups is 1. The lowest BCUT2D eigenvalue weighted by molar-refractivity contribution is 0.129. The van der Waals surface area contributed by atoms with Crippen LogP contribution in [-0.4, -0.2) is 6.21 Å². The Morgan fingerprint density at radius 2 is 1.63 bits per heavy atom.